The van der Waals surface area contributed by atoms with Crippen LogP contribution >= 0.6 is 35.7 Å². The molecule has 3 aromatic rings. The monoisotopic (exact) mass is 462 g/mol. The lowest BCUT2D eigenvalue weighted by Gasteiger charge is -2.10. The number of aromatic nitrogens is 1. The molecule has 2 aromatic heterocycles. The molecule has 2 aliphatic rings. The Balaban J connectivity index is 0.000000173. The van der Waals surface area contributed by atoms with Gasteiger partial charge in [-0.1, -0.05) is 24.8 Å². The Bertz CT molecular complexity index is 937. The first-order chi connectivity index (χ1) is 14.6. The number of thioether (sulfide) groups is 1. The van der Waals surface area contributed by atoms with E-state index in [1.54, 1.807) is 11.3 Å². The normalized spacial score (nSPS) is 18.1. The van der Waals surface area contributed by atoms with Crippen molar-refractivity contribution in [3.05, 3.63) is 47.0 Å². The lowest BCUT2D eigenvalue weighted by Crippen LogP contribution is -2.30. The minimum atomic E-state index is 0.594. The lowest BCUT2D eigenvalue weighted by atomic mass is 10.1. The van der Waals surface area contributed by atoms with Gasteiger partial charge in [0.1, 0.15) is 5.04 Å². The molecule has 2 aliphatic heterocycles. The van der Waals surface area contributed by atoms with Gasteiger partial charge in [0.25, 0.3) is 0 Å². The number of hydrogen-bond donors (Lipinski definition) is 4. The number of nitrogens with zero attached hydrogens (tertiary/aromatic N) is 1. The number of aliphatic imine (C=N–C) groups is 1. The zero-order chi connectivity index (χ0) is 21.3. The van der Waals surface area contributed by atoms with Crippen molar-refractivity contribution >= 4 is 57.4 Å². The van der Waals surface area contributed by atoms with Gasteiger partial charge in [-0.05, 0) is 42.1 Å². The molecule has 1 unspecified atom stereocenters. The van der Waals surface area contributed by atoms with Gasteiger partial charge in [0.05, 0.1) is 40.9 Å². The van der Waals surface area contributed by atoms with Crippen molar-refractivity contribution in [1.29, 1.82) is 0 Å². The summed E-state index contributed by atoms with van der Waals surface area (Å²) in [7, 11) is 1.96. The zero-order valence-electron chi connectivity index (χ0n) is 17.7. The van der Waals surface area contributed by atoms with E-state index in [9.17, 15) is 0 Å². The minimum Gasteiger partial charge on any atom is -0.386 e. The van der Waals surface area contributed by atoms with Gasteiger partial charge in [-0.15, -0.1) is 24.0 Å². The van der Waals surface area contributed by atoms with Gasteiger partial charge < -0.3 is 20.4 Å². The second kappa shape index (κ2) is 11.8. The molecule has 162 valence electrons. The van der Waals surface area contributed by atoms with E-state index in [1.165, 1.54) is 16.5 Å². The number of rotatable bonds is 2. The van der Waals surface area contributed by atoms with Crippen molar-refractivity contribution in [2.24, 2.45) is 4.99 Å². The summed E-state index contributed by atoms with van der Waals surface area (Å²) in [6, 6.07) is 10.5. The number of benzene rings is 1. The average molecular weight is 463 g/mol. The van der Waals surface area contributed by atoms with Gasteiger partial charge in [0.15, 0.2) is 0 Å². The van der Waals surface area contributed by atoms with Crippen LogP contribution in [-0.2, 0) is 4.74 Å². The maximum atomic E-state index is 5.01. The molecule has 1 aromatic carbocycles. The van der Waals surface area contributed by atoms with Gasteiger partial charge in [-0.25, -0.2) is 0 Å². The summed E-state index contributed by atoms with van der Waals surface area (Å²) < 4.78 is 6.09. The number of thiophene rings is 1. The molecule has 1 atom stereocenters. The number of H-pyrrole nitrogens is 1. The summed E-state index contributed by atoms with van der Waals surface area (Å²) in [5.74, 6) is 0. The quantitative estimate of drug-likeness (QED) is 0.403. The topological polar surface area (TPSA) is 61.4 Å². The third kappa shape index (κ3) is 6.78. The highest BCUT2D eigenvalue weighted by atomic mass is 32.2. The minimum absolute atomic E-state index is 0.594. The van der Waals surface area contributed by atoms with Crippen molar-refractivity contribution in [2.45, 2.75) is 23.3 Å². The first-order valence-corrected chi connectivity index (χ1v) is 12.3. The highest BCUT2D eigenvalue weighted by Gasteiger charge is 2.18. The third-order valence-electron chi connectivity index (χ3n) is 4.53. The summed E-state index contributed by atoms with van der Waals surface area (Å²) in [6.45, 7) is 9.09. The molecule has 0 amide bonds. The zero-order valence-corrected chi connectivity index (χ0v) is 20.2. The largest absolute Gasteiger partial charge is 0.386 e. The van der Waals surface area contributed by atoms with Crippen molar-refractivity contribution in [1.82, 2.24) is 10.3 Å². The van der Waals surface area contributed by atoms with E-state index < -0.39 is 0 Å². The number of aromatic amines is 1. The van der Waals surface area contributed by atoms with Crippen LogP contribution in [0.4, 0.5) is 5.69 Å². The number of hydrogen-bond acceptors (Lipinski definition) is 7. The Morgan fingerprint density at radius 1 is 1.23 bits per heavy atom. The van der Waals surface area contributed by atoms with Gasteiger partial charge in [-0.2, -0.15) is 0 Å². The van der Waals surface area contributed by atoms with Crippen LogP contribution in [-0.4, -0.2) is 55.2 Å². The number of ether oxygens (including phenoxy) is 1. The Hall–Kier alpha value is -1.45. The van der Waals surface area contributed by atoms with E-state index >= 15 is 0 Å². The van der Waals surface area contributed by atoms with Gasteiger partial charge in [0, 0.05) is 30.8 Å². The van der Waals surface area contributed by atoms with Crippen LogP contribution in [0, 0.1) is 6.92 Å². The maximum Gasteiger partial charge on any atom is 0.114 e. The molecule has 0 aliphatic carbocycles. The van der Waals surface area contributed by atoms with E-state index in [-0.39, 0.29) is 0 Å². The highest BCUT2D eigenvalue weighted by molar-refractivity contribution is 8.15. The molecule has 0 spiro atoms. The maximum absolute atomic E-state index is 5.01. The molecular weight excluding hydrogens is 432 g/mol. The molecule has 4 heterocycles. The van der Waals surface area contributed by atoms with Crippen LogP contribution in [0.2, 0.25) is 0 Å². The Morgan fingerprint density at radius 2 is 2.03 bits per heavy atom. The fourth-order valence-corrected chi connectivity index (χ4v) is 4.76. The number of thiol groups is 1. The SMILES string of the molecule is C1COCCN1.CNc1cc(C)cc2cc(C3=NCC(C)S3)[nH]c12.Sc1cccs1. The molecule has 0 bridgehead atoms. The number of anilines is 1. The lowest BCUT2D eigenvalue weighted by molar-refractivity contribution is 0.109. The van der Waals surface area contributed by atoms with E-state index in [1.807, 2.05) is 36.3 Å². The van der Waals surface area contributed by atoms with E-state index in [2.05, 4.69) is 65.3 Å². The second-order valence-electron chi connectivity index (χ2n) is 7.10. The standard InChI is InChI=1S/C14H17N3S.C4H9NO.C4H4S2/c1-8-4-10-6-12(14-16-7-9(2)18-14)17-13(10)11(5-8)15-3;1-3-6-4-2-5-1;5-4-2-1-3-6-4/h4-6,9,15,17H,7H2,1-3H3;5H,1-4H2;1-3,5H. The van der Waals surface area contributed by atoms with E-state index in [0.717, 1.165) is 53.5 Å². The molecule has 8 heteroatoms. The first-order valence-electron chi connectivity index (χ1n) is 10.1. The molecule has 1 saturated heterocycles. The fraction of sp³-hybridized carbons (Fsp3) is 0.409. The van der Waals surface area contributed by atoms with Crippen molar-refractivity contribution < 1.29 is 4.74 Å². The average Bonchev–Trinajstić information content (AvgIpc) is 3.50. The Labute approximate surface area is 192 Å². The predicted molar refractivity (Wildman–Crippen MR) is 136 cm³/mol. The van der Waals surface area contributed by atoms with E-state index in [4.69, 9.17) is 4.74 Å². The van der Waals surface area contributed by atoms with Crippen LogP contribution in [0.15, 0.2) is 44.9 Å². The van der Waals surface area contributed by atoms with Crippen molar-refractivity contribution in [3.8, 4) is 0 Å². The van der Waals surface area contributed by atoms with Crippen molar-refractivity contribution in [2.75, 3.05) is 45.2 Å². The van der Waals surface area contributed by atoms with Gasteiger partial charge >= 0.3 is 0 Å². The summed E-state index contributed by atoms with van der Waals surface area (Å²) in [5, 5.41) is 11.4. The number of nitrogens with one attached hydrogen (secondary N) is 3. The summed E-state index contributed by atoms with van der Waals surface area (Å²) in [6.07, 6.45) is 0. The molecule has 3 N–H and O–H groups in total. The predicted octanol–water partition coefficient (Wildman–Crippen LogP) is 5.04. The van der Waals surface area contributed by atoms with Crippen LogP contribution in [0.3, 0.4) is 0 Å². The van der Waals surface area contributed by atoms with Crippen LogP contribution < -0.4 is 10.6 Å². The fourth-order valence-electron chi connectivity index (χ4n) is 3.12. The second-order valence-corrected chi connectivity index (χ2v) is 10.3. The third-order valence-corrected chi connectivity index (χ3v) is 6.79. The molecule has 5 nitrogen and oxygen atoms in total. The van der Waals surface area contributed by atoms with Crippen LogP contribution in [0.1, 0.15) is 18.2 Å². The Kier molecular flexibility index (Phi) is 9.14. The Morgan fingerprint density at radius 3 is 2.50 bits per heavy atom. The van der Waals surface area contributed by atoms with Crippen LogP contribution in [0.25, 0.3) is 10.9 Å². The van der Waals surface area contributed by atoms with Crippen molar-refractivity contribution in [3.63, 3.8) is 0 Å². The summed E-state index contributed by atoms with van der Waals surface area (Å²) >= 11 is 7.55. The highest BCUT2D eigenvalue weighted by Crippen LogP contribution is 2.30. The van der Waals surface area contributed by atoms with Gasteiger partial charge in [-0.3, -0.25) is 4.99 Å². The summed E-state index contributed by atoms with van der Waals surface area (Å²) in [4.78, 5) is 8.08. The number of aryl methyl sites for hydroxylation is 1. The number of fused-ring (bicyclic) bond motifs is 1. The molecule has 0 radical (unpaired) electrons. The molecule has 5 rings (SSSR count). The van der Waals surface area contributed by atoms with Gasteiger partial charge in [0.2, 0.25) is 0 Å². The van der Waals surface area contributed by atoms with Crippen LogP contribution in [0.5, 0.6) is 0 Å². The molecule has 1 fully saturated rings. The first kappa shape index (κ1) is 23.2. The smallest absolute Gasteiger partial charge is 0.114 e. The number of morpholine rings is 1. The molecule has 30 heavy (non-hydrogen) atoms. The van der Waals surface area contributed by atoms with E-state index in [0.29, 0.717) is 5.25 Å². The molecular formula is C22H30N4OS3. The molecule has 0 saturated carbocycles. The summed E-state index contributed by atoms with van der Waals surface area (Å²) in [5.41, 5.74) is 4.72.